The molecule has 0 heterocycles. The number of carbonyl (C=O) groups excluding carboxylic acids is 1. The Morgan fingerprint density at radius 2 is 1.33 bits per heavy atom. The Bertz CT molecular complexity index is 131. The van der Waals surface area contributed by atoms with Gasteiger partial charge in [0.05, 0.1) is 12.8 Å². The van der Waals surface area contributed by atoms with E-state index in [9.17, 15) is 9.59 Å². The quantitative estimate of drug-likeness (QED) is 0.269. The van der Waals surface area contributed by atoms with Crippen LogP contribution in [0.5, 0.6) is 0 Å². The summed E-state index contributed by atoms with van der Waals surface area (Å²) in [7, 11) is 0. The molecule has 13 N–H and O–H groups in total. The fraction of sp³-hybridized carbons (Fsp3) is 0.500. The minimum absolute atomic E-state index is 0. The smallest absolute Gasteiger partial charge is 0.342 e. The van der Waals surface area contributed by atoms with Crippen molar-refractivity contribution in [3.63, 3.8) is 0 Å². The molecule has 0 saturated carbocycles. The Labute approximate surface area is 99.9 Å². The van der Waals surface area contributed by atoms with E-state index in [0.29, 0.717) is 0 Å². The minimum Gasteiger partial charge on any atom is -0.481 e. The topological polar surface area (TPSA) is 245 Å². The van der Waals surface area contributed by atoms with Crippen LogP contribution in [0.3, 0.4) is 0 Å². The fourth-order valence-electron chi connectivity index (χ4n) is 0.255. The van der Waals surface area contributed by atoms with E-state index in [4.69, 9.17) is 10.4 Å². The van der Waals surface area contributed by atoms with Crippen LogP contribution in [0.1, 0.15) is 12.8 Å². The van der Waals surface area contributed by atoms with E-state index in [1.165, 1.54) is 0 Å². The Balaban J connectivity index is -0.0000000213. The van der Waals surface area contributed by atoms with Crippen molar-refractivity contribution in [2.75, 3.05) is 0 Å². The molecule has 0 aliphatic rings. The molecule has 0 aromatic rings. The molecule has 11 heteroatoms. The largest absolute Gasteiger partial charge is 0.481 e. The van der Waals surface area contributed by atoms with E-state index in [-0.39, 0.29) is 62.6 Å². The van der Waals surface area contributed by atoms with Crippen LogP contribution in [0.4, 0.5) is 0 Å². The van der Waals surface area contributed by atoms with Gasteiger partial charge in [-0.25, -0.2) is 4.79 Å². The minimum atomic E-state index is -1.10. The van der Waals surface area contributed by atoms with E-state index in [0.717, 1.165) is 0 Å². The normalized spacial score (nSPS) is 5.13. The van der Waals surface area contributed by atoms with Crippen LogP contribution in [-0.4, -0.2) is 44.2 Å². The molecule has 0 atom stereocenters. The number of hydrogen-bond acceptors (Lipinski definition) is 5. The standard InChI is InChI=1S/C4H6O5.H3N.4H2O.Ti/c5-3(6)1-2-4(7)9-8;;;;;;/h8H,1-2H2,(H,5,6);1H3;4*1H2;. The summed E-state index contributed by atoms with van der Waals surface area (Å²) in [4.78, 5) is 22.9. The third kappa shape index (κ3) is 42.5. The molecular weight excluding hydrogens is 254 g/mol. The maximum atomic E-state index is 9.98. The molecule has 0 fully saturated rings. The van der Waals surface area contributed by atoms with E-state index in [2.05, 4.69) is 4.89 Å². The first-order valence-corrected chi connectivity index (χ1v) is 2.23. The molecule has 96 valence electrons. The zero-order valence-electron chi connectivity index (χ0n) is 7.74. The predicted molar refractivity (Wildman–Crippen MR) is 45.1 cm³/mol. The van der Waals surface area contributed by atoms with Gasteiger partial charge in [-0.15, -0.1) is 0 Å². The Hall–Kier alpha value is -0.586. The molecule has 15 heavy (non-hydrogen) atoms. The molecule has 0 aliphatic carbocycles. The number of rotatable bonds is 3. The van der Waals surface area contributed by atoms with Gasteiger partial charge in [-0.1, -0.05) is 0 Å². The average Bonchev–Trinajstić information content (AvgIpc) is 1.83. The summed E-state index contributed by atoms with van der Waals surface area (Å²) in [5.74, 6) is -2.03. The van der Waals surface area contributed by atoms with Crippen molar-refractivity contribution in [3.8, 4) is 0 Å². The van der Waals surface area contributed by atoms with Crippen molar-refractivity contribution < 1.29 is 68.5 Å². The first-order chi connectivity index (χ1) is 4.16. The third-order valence-electron chi connectivity index (χ3n) is 0.645. The summed E-state index contributed by atoms with van der Waals surface area (Å²) >= 11 is 0. The van der Waals surface area contributed by atoms with Gasteiger partial charge in [-0.05, 0) is 0 Å². The molecule has 0 aliphatic heterocycles. The van der Waals surface area contributed by atoms with Crippen LogP contribution in [0, 0.1) is 0 Å². The number of carboxylic acid groups (broad SMARTS) is 1. The van der Waals surface area contributed by atoms with Gasteiger partial charge < -0.3 is 38.0 Å². The first kappa shape index (κ1) is 47.2. The van der Waals surface area contributed by atoms with Crippen molar-refractivity contribution in [1.29, 1.82) is 0 Å². The predicted octanol–water partition coefficient (Wildman–Crippen LogP) is -3.27. The summed E-state index contributed by atoms with van der Waals surface area (Å²) < 4.78 is 0. The number of carboxylic acids is 1. The first-order valence-electron chi connectivity index (χ1n) is 2.23. The van der Waals surface area contributed by atoms with Crippen molar-refractivity contribution in [3.05, 3.63) is 0 Å². The molecule has 0 rings (SSSR count). The third-order valence-corrected chi connectivity index (χ3v) is 0.645. The number of aliphatic carboxylic acids is 1. The monoisotopic (exact) mass is 271 g/mol. The molecule has 0 aromatic heterocycles. The van der Waals surface area contributed by atoms with Gasteiger partial charge in [0.1, 0.15) is 0 Å². The number of hydrogen-bond donors (Lipinski definition) is 3. The van der Waals surface area contributed by atoms with Gasteiger partial charge in [0.15, 0.2) is 0 Å². The molecule has 0 spiro atoms. The van der Waals surface area contributed by atoms with E-state index in [1.54, 1.807) is 0 Å². The van der Waals surface area contributed by atoms with Crippen LogP contribution >= 0.6 is 0 Å². The Morgan fingerprint density at radius 3 is 1.53 bits per heavy atom. The van der Waals surface area contributed by atoms with Gasteiger partial charge >= 0.3 is 11.9 Å². The van der Waals surface area contributed by atoms with Crippen molar-refractivity contribution >= 4 is 11.9 Å². The van der Waals surface area contributed by atoms with E-state index >= 15 is 0 Å². The molecule has 0 aromatic carbocycles. The summed E-state index contributed by atoms with van der Waals surface area (Å²) in [5.41, 5.74) is 0. The van der Waals surface area contributed by atoms with Crippen LogP contribution < -0.4 is 6.15 Å². The molecule has 0 bridgehead atoms. The van der Waals surface area contributed by atoms with Gasteiger partial charge in [0.25, 0.3) is 0 Å². The SMILES string of the molecule is N.O.O.O.O.O=C(O)CCC(=O)OO.[Ti]. The Kier molecular flexibility index (Phi) is 91.8. The van der Waals surface area contributed by atoms with Crippen molar-refractivity contribution in [2.24, 2.45) is 0 Å². The van der Waals surface area contributed by atoms with Gasteiger partial charge in [0, 0.05) is 21.7 Å². The molecule has 0 unspecified atom stereocenters. The Morgan fingerprint density at radius 1 is 1.00 bits per heavy atom. The van der Waals surface area contributed by atoms with Crippen molar-refractivity contribution in [2.45, 2.75) is 12.8 Å². The van der Waals surface area contributed by atoms with Crippen molar-refractivity contribution in [1.82, 2.24) is 6.15 Å². The average molecular weight is 271 g/mol. The van der Waals surface area contributed by atoms with Crippen LogP contribution in [0.25, 0.3) is 0 Å². The van der Waals surface area contributed by atoms with Gasteiger partial charge in [-0.3, -0.25) is 4.79 Å². The van der Waals surface area contributed by atoms with Gasteiger partial charge in [-0.2, -0.15) is 5.26 Å². The van der Waals surface area contributed by atoms with Crippen LogP contribution in [0.2, 0.25) is 0 Å². The maximum Gasteiger partial charge on any atom is 0.342 e. The van der Waals surface area contributed by atoms with Gasteiger partial charge in [0.2, 0.25) is 0 Å². The maximum absolute atomic E-state index is 9.98. The zero-order valence-corrected chi connectivity index (χ0v) is 9.30. The summed E-state index contributed by atoms with van der Waals surface area (Å²) in [6, 6.07) is 0. The molecule has 0 radical (unpaired) electrons. The second kappa shape index (κ2) is 29.2. The summed E-state index contributed by atoms with van der Waals surface area (Å²) in [5, 5.41) is 15.6. The second-order valence-corrected chi connectivity index (χ2v) is 1.36. The van der Waals surface area contributed by atoms with E-state index in [1.807, 2.05) is 0 Å². The van der Waals surface area contributed by atoms with Crippen LogP contribution in [0.15, 0.2) is 0 Å². The molecular formula is C4H17NO9Ti. The summed E-state index contributed by atoms with van der Waals surface area (Å²) in [6.45, 7) is 0. The van der Waals surface area contributed by atoms with E-state index < -0.39 is 11.9 Å². The zero-order chi connectivity index (χ0) is 7.28. The molecule has 10 nitrogen and oxygen atoms in total. The van der Waals surface area contributed by atoms with Crippen LogP contribution in [-0.2, 0) is 36.2 Å². The fourth-order valence-corrected chi connectivity index (χ4v) is 0.255. The molecule has 0 saturated heterocycles. The second-order valence-electron chi connectivity index (χ2n) is 1.36. The molecule has 0 amide bonds. The number of carbonyl (C=O) groups is 2. The summed E-state index contributed by atoms with van der Waals surface area (Å²) in [6.07, 6.45) is -0.620.